The minimum absolute atomic E-state index is 0.0486. The Balaban J connectivity index is 1.91. The smallest absolute Gasteiger partial charge is 0.231 e. The maximum absolute atomic E-state index is 12.7. The number of carbonyl (C=O) groups excluding carboxylic acids is 1. The zero-order valence-electron chi connectivity index (χ0n) is 11.7. The molecule has 2 atom stereocenters. The van der Waals surface area contributed by atoms with Crippen LogP contribution in [0.3, 0.4) is 0 Å². The Bertz CT molecular complexity index is 655. The number of fused-ring (bicyclic) bond motifs is 1. The van der Waals surface area contributed by atoms with Crippen molar-refractivity contribution in [2.45, 2.75) is 25.4 Å². The van der Waals surface area contributed by atoms with Gasteiger partial charge in [-0.1, -0.05) is 18.2 Å². The number of rotatable bonds is 1. The predicted octanol–water partition coefficient (Wildman–Crippen LogP) is 1.28. The Labute approximate surface area is 124 Å². The van der Waals surface area contributed by atoms with Crippen LogP contribution in [0.4, 0.5) is 5.69 Å². The zero-order valence-corrected chi connectivity index (χ0v) is 12.6. The molecular formula is C15H19NO4S. The molecule has 114 valence electrons. The third-order valence-electron chi connectivity index (χ3n) is 4.29. The fourth-order valence-electron chi connectivity index (χ4n) is 3.17. The molecule has 2 heterocycles. The van der Waals surface area contributed by atoms with Gasteiger partial charge in [-0.25, -0.2) is 8.42 Å². The third kappa shape index (κ3) is 2.82. The van der Waals surface area contributed by atoms with E-state index >= 15 is 0 Å². The highest BCUT2D eigenvalue weighted by molar-refractivity contribution is 7.91. The number of hydrogen-bond acceptors (Lipinski definition) is 4. The van der Waals surface area contributed by atoms with Gasteiger partial charge in [0.05, 0.1) is 23.5 Å². The Morgan fingerprint density at radius 2 is 2.00 bits per heavy atom. The molecule has 0 radical (unpaired) electrons. The first kappa shape index (κ1) is 14.5. The number of aliphatic hydroxyl groups excluding tert-OH is 1. The lowest BCUT2D eigenvalue weighted by Crippen LogP contribution is -2.37. The minimum atomic E-state index is -3.07. The van der Waals surface area contributed by atoms with Crippen molar-refractivity contribution in [3.05, 3.63) is 29.8 Å². The van der Waals surface area contributed by atoms with Gasteiger partial charge < -0.3 is 10.0 Å². The number of hydrogen-bond donors (Lipinski definition) is 1. The lowest BCUT2D eigenvalue weighted by molar-refractivity contribution is -0.121. The quantitative estimate of drug-likeness (QED) is 0.848. The number of carbonyl (C=O) groups is 1. The number of amides is 1. The molecular weight excluding hydrogens is 290 g/mol. The van der Waals surface area contributed by atoms with Crippen LogP contribution in [0.15, 0.2) is 24.3 Å². The summed E-state index contributed by atoms with van der Waals surface area (Å²) in [6.07, 6.45) is 1.17. The van der Waals surface area contributed by atoms with Gasteiger partial charge in [0.25, 0.3) is 0 Å². The van der Waals surface area contributed by atoms with Gasteiger partial charge in [-0.2, -0.15) is 0 Å². The molecule has 0 aliphatic carbocycles. The summed E-state index contributed by atoms with van der Waals surface area (Å²) < 4.78 is 23.2. The number of aliphatic hydroxyl groups is 1. The highest BCUT2D eigenvalue weighted by Crippen LogP contribution is 2.34. The summed E-state index contributed by atoms with van der Waals surface area (Å²) in [5, 5.41) is 10.2. The Kier molecular flexibility index (Phi) is 3.75. The van der Waals surface area contributed by atoms with Crippen molar-refractivity contribution < 1.29 is 18.3 Å². The van der Waals surface area contributed by atoms with Gasteiger partial charge in [-0.3, -0.25) is 4.79 Å². The van der Waals surface area contributed by atoms with Gasteiger partial charge in [0.15, 0.2) is 9.84 Å². The first-order valence-corrected chi connectivity index (χ1v) is 9.09. The normalized spacial score (nSPS) is 28.0. The van der Waals surface area contributed by atoms with Crippen molar-refractivity contribution in [2.24, 2.45) is 5.92 Å². The lowest BCUT2D eigenvalue weighted by Gasteiger charge is -2.25. The van der Waals surface area contributed by atoms with Crippen LogP contribution in [0, 0.1) is 5.92 Å². The molecule has 0 bridgehead atoms. The minimum Gasteiger partial charge on any atom is -0.388 e. The van der Waals surface area contributed by atoms with Crippen molar-refractivity contribution in [3.8, 4) is 0 Å². The van der Waals surface area contributed by atoms with E-state index in [4.69, 9.17) is 0 Å². The second kappa shape index (κ2) is 5.42. The molecule has 0 aromatic heterocycles. The second-order valence-electron chi connectivity index (χ2n) is 5.81. The van der Waals surface area contributed by atoms with Crippen molar-refractivity contribution >= 4 is 21.4 Å². The number of nitrogens with zero attached hydrogens (tertiary/aromatic N) is 1. The average Bonchev–Trinajstić information content (AvgIpc) is 2.74. The van der Waals surface area contributed by atoms with E-state index in [9.17, 15) is 18.3 Å². The summed E-state index contributed by atoms with van der Waals surface area (Å²) in [4.78, 5) is 14.4. The summed E-state index contributed by atoms with van der Waals surface area (Å²) in [6, 6.07) is 7.33. The fraction of sp³-hybridized carbons (Fsp3) is 0.533. The van der Waals surface area contributed by atoms with Crippen LogP contribution < -0.4 is 4.90 Å². The van der Waals surface area contributed by atoms with Crippen molar-refractivity contribution in [3.63, 3.8) is 0 Å². The topological polar surface area (TPSA) is 74.7 Å². The highest BCUT2D eigenvalue weighted by Gasteiger charge is 2.37. The summed E-state index contributed by atoms with van der Waals surface area (Å²) in [7, 11) is -3.07. The van der Waals surface area contributed by atoms with Gasteiger partial charge in [0.2, 0.25) is 5.91 Å². The van der Waals surface area contributed by atoms with Crippen LogP contribution in [-0.4, -0.2) is 37.5 Å². The lowest BCUT2D eigenvalue weighted by atomic mass is 10.0. The molecule has 5 nitrogen and oxygen atoms in total. The molecule has 0 saturated carbocycles. The Morgan fingerprint density at radius 3 is 2.71 bits per heavy atom. The van der Waals surface area contributed by atoms with Crippen LogP contribution in [-0.2, 0) is 14.6 Å². The molecule has 1 amide bonds. The SMILES string of the molecule is O=C(C1CCS(=O)(=O)C1)N1CCCC(O)c2ccccc21. The van der Waals surface area contributed by atoms with Crippen molar-refractivity contribution in [2.75, 3.05) is 23.0 Å². The summed E-state index contributed by atoms with van der Waals surface area (Å²) in [6.45, 7) is 0.531. The first-order chi connectivity index (χ1) is 9.98. The molecule has 1 saturated heterocycles. The van der Waals surface area contributed by atoms with Gasteiger partial charge in [-0.15, -0.1) is 0 Å². The van der Waals surface area contributed by atoms with E-state index in [0.29, 0.717) is 25.8 Å². The highest BCUT2D eigenvalue weighted by atomic mass is 32.2. The van der Waals surface area contributed by atoms with Crippen molar-refractivity contribution in [1.82, 2.24) is 0 Å². The average molecular weight is 309 g/mol. The molecule has 1 N–H and O–H groups in total. The maximum Gasteiger partial charge on any atom is 0.231 e. The molecule has 6 heteroatoms. The maximum atomic E-state index is 12.7. The molecule has 21 heavy (non-hydrogen) atoms. The standard InChI is InChI=1S/C15H19NO4S/c17-14-6-3-8-16(13-5-2-1-4-12(13)14)15(18)11-7-9-21(19,20)10-11/h1-2,4-5,11,14,17H,3,6-10H2. The molecule has 1 aromatic rings. The fourth-order valence-corrected chi connectivity index (χ4v) is 4.91. The summed E-state index contributed by atoms with van der Waals surface area (Å²) >= 11 is 0. The Morgan fingerprint density at radius 1 is 1.24 bits per heavy atom. The van der Waals surface area contributed by atoms with Crippen LogP contribution >= 0.6 is 0 Å². The summed E-state index contributed by atoms with van der Waals surface area (Å²) in [5.41, 5.74) is 1.47. The second-order valence-corrected chi connectivity index (χ2v) is 8.04. The largest absolute Gasteiger partial charge is 0.388 e. The first-order valence-electron chi connectivity index (χ1n) is 7.27. The molecule has 2 unspecified atom stereocenters. The van der Waals surface area contributed by atoms with E-state index in [-0.39, 0.29) is 17.4 Å². The van der Waals surface area contributed by atoms with Gasteiger partial charge >= 0.3 is 0 Å². The van der Waals surface area contributed by atoms with E-state index < -0.39 is 21.9 Å². The molecule has 2 aliphatic heterocycles. The molecule has 3 rings (SSSR count). The summed E-state index contributed by atoms with van der Waals surface area (Å²) in [5.74, 6) is -0.523. The van der Waals surface area contributed by atoms with E-state index in [1.165, 1.54) is 0 Å². The van der Waals surface area contributed by atoms with E-state index in [1.54, 1.807) is 4.90 Å². The van der Waals surface area contributed by atoms with E-state index in [1.807, 2.05) is 24.3 Å². The van der Waals surface area contributed by atoms with Crippen LogP contribution in [0.25, 0.3) is 0 Å². The van der Waals surface area contributed by atoms with Gasteiger partial charge in [0.1, 0.15) is 0 Å². The Hall–Kier alpha value is -1.40. The number of anilines is 1. The zero-order chi connectivity index (χ0) is 15.0. The third-order valence-corrected chi connectivity index (χ3v) is 6.06. The van der Waals surface area contributed by atoms with Crippen LogP contribution in [0.2, 0.25) is 0 Å². The number of para-hydroxylation sites is 1. The van der Waals surface area contributed by atoms with Gasteiger partial charge in [-0.05, 0) is 25.3 Å². The van der Waals surface area contributed by atoms with E-state index in [2.05, 4.69) is 0 Å². The van der Waals surface area contributed by atoms with Crippen LogP contribution in [0.1, 0.15) is 30.9 Å². The molecule has 2 aliphatic rings. The number of sulfone groups is 1. The predicted molar refractivity (Wildman–Crippen MR) is 79.7 cm³/mol. The monoisotopic (exact) mass is 309 g/mol. The van der Waals surface area contributed by atoms with Gasteiger partial charge in [0, 0.05) is 17.8 Å². The molecule has 0 spiro atoms. The molecule has 1 fully saturated rings. The number of benzene rings is 1. The van der Waals surface area contributed by atoms with Crippen LogP contribution in [0.5, 0.6) is 0 Å². The van der Waals surface area contributed by atoms with Crippen molar-refractivity contribution in [1.29, 1.82) is 0 Å². The molecule has 1 aromatic carbocycles. The van der Waals surface area contributed by atoms with E-state index in [0.717, 1.165) is 11.3 Å².